The minimum Gasteiger partial charge on any atom is -0.462 e. The lowest BCUT2D eigenvalue weighted by Crippen LogP contribution is -2.34. The monoisotopic (exact) mass is 589 g/mol. The number of benzene rings is 3. The van der Waals surface area contributed by atoms with E-state index in [1.807, 2.05) is 18.2 Å². The quantitative estimate of drug-likeness (QED) is 0.154. The van der Waals surface area contributed by atoms with Gasteiger partial charge in [-0.3, -0.25) is 0 Å². The molecule has 0 radical (unpaired) electrons. The van der Waals surface area contributed by atoms with Crippen molar-refractivity contribution < 1.29 is 4.74 Å². The van der Waals surface area contributed by atoms with Crippen molar-refractivity contribution in [2.24, 2.45) is 9.98 Å². The zero-order valence-corrected chi connectivity index (χ0v) is 26.2. The molecule has 1 saturated heterocycles. The van der Waals surface area contributed by atoms with E-state index in [-0.39, 0.29) is 0 Å². The van der Waals surface area contributed by atoms with Crippen molar-refractivity contribution in [3.63, 3.8) is 0 Å². The summed E-state index contributed by atoms with van der Waals surface area (Å²) in [5.41, 5.74) is 6.00. The van der Waals surface area contributed by atoms with Crippen LogP contribution in [0.3, 0.4) is 0 Å². The van der Waals surface area contributed by atoms with Crippen molar-refractivity contribution in [1.82, 2.24) is 14.9 Å². The number of likely N-dealkylation sites (N-methyl/N-ethyl adjacent to an activating group) is 1. The summed E-state index contributed by atoms with van der Waals surface area (Å²) in [7, 11) is 4.29. The molecule has 0 amide bonds. The van der Waals surface area contributed by atoms with Gasteiger partial charge < -0.3 is 19.4 Å². The van der Waals surface area contributed by atoms with Gasteiger partial charge in [0.05, 0.1) is 31.3 Å². The van der Waals surface area contributed by atoms with Crippen molar-refractivity contribution in [2.45, 2.75) is 51.7 Å². The Hall–Kier alpha value is -4.26. The van der Waals surface area contributed by atoms with Gasteiger partial charge in [0.1, 0.15) is 12.4 Å². The molecule has 228 valence electrons. The maximum absolute atomic E-state index is 6.30. The first-order valence-corrected chi connectivity index (χ1v) is 15.9. The first-order valence-electron chi connectivity index (χ1n) is 15.9. The van der Waals surface area contributed by atoms with Crippen molar-refractivity contribution in [3.05, 3.63) is 89.1 Å². The van der Waals surface area contributed by atoms with E-state index in [0.29, 0.717) is 31.7 Å². The van der Waals surface area contributed by atoms with Crippen LogP contribution in [0.25, 0.3) is 10.8 Å². The van der Waals surface area contributed by atoms with Crippen LogP contribution in [-0.2, 0) is 19.5 Å². The predicted octanol–water partition coefficient (Wildman–Crippen LogP) is 6.17. The Labute approximate surface area is 261 Å². The molecule has 1 fully saturated rings. The van der Waals surface area contributed by atoms with Crippen LogP contribution in [0.1, 0.15) is 41.6 Å². The van der Waals surface area contributed by atoms with Crippen molar-refractivity contribution in [2.75, 3.05) is 56.7 Å². The molecule has 0 saturated carbocycles. The van der Waals surface area contributed by atoms with Gasteiger partial charge in [0.15, 0.2) is 0 Å². The van der Waals surface area contributed by atoms with Gasteiger partial charge in [-0.15, -0.1) is 0 Å². The van der Waals surface area contributed by atoms with Gasteiger partial charge in [-0.05, 0) is 68.8 Å². The highest BCUT2D eigenvalue weighted by molar-refractivity contribution is 5.97. The van der Waals surface area contributed by atoms with E-state index in [1.54, 1.807) is 0 Å². The number of likely N-dealkylation sites (tertiary alicyclic amines) is 1. The highest BCUT2D eigenvalue weighted by atomic mass is 16.5. The first kappa shape index (κ1) is 29.8. The van der Waals surface area contributed by atoms with E-state index in [2.05, 4.69) is 100 Å². The SMILES string of the molecule is Cc1cccc2cccc(N3CCc4c(nc(OC[C@@H]5CCCN5C)nc4N(C)CCCN=C=NCc4ccccc4)C3)c12. The van der Waals surface area contributed by atoms with Crippen LogP contribution in [0.15, 0.2) is 76.7 Å². The number of aliphatic imine (C=N–C) groups is 2. The Morgan fingerprint density at radius 2 is 1.84 bits per heavy atom. The molecule has 6 rings (SSSR count). The molecule has 3 aromatic carbocycles. The molecule has 2 aliphatic heterocycles. The van der Waals surface area contributed by atoms with Crippen LogP contribution in [-0.4, -0.2) is 73.8 Å². The van der Waals surface area contributed by atoms with Crippen LogP contribution in [0, 0.1) is 6.92 Å². The minimum atomic E-state index is 0.410. The second kappa shape index (κ2) is 14.0. The Morgan fingerprint density at radius 3 is 2.66 bits per heavy atom. The maximum Gasteiger partial charge on any atom is 0.318 e. The zero-order valence-electron chi connectivity index (χ0n) is 26.2. The summed E-state index contributed by atoms with van der Waals surface area (Å²) in [6, 6.07) is 27.1. The van der Waals surface area contributed by atoms with Gasteiger partial charge in [-0.2, -0.15) is 9.97 Å². The standard InChI is InChI=1S/C36H43N7O/c1-27-11-7-14-29-15-8-17-33(34(27)29)43-22-18-31-32(24-43)39-36(44-25-30-16-9-20-41(30)2)40-35(31)42(3)21-10-19-37-26-38-23-28-12-5-4-6-13-28/h4-8,11-15,17,30H,9-10,16,18-25H2,1-3H3/t30-/m0/s1. The van der Waals surface area contributed by atoms with Crippen LogP contribution in [0.4, 0.5) is 11.5 Å². The summed E-state index contributed by atoms with van der Waals surface area (Å²) in [6.45, 7) is 7.67. The van der Waals surface area contributed by atoms with Crippen molar-refractivity contribution >= 4 is 28.3 Å². The number of aromatic nitrogens is 2. The average Bonchev–Trinajstić information content (AvgIpc) is 3.47. The second-order valence-corrected chi connectivity index (χ2v) is 12.0. The smallest absolute Gasteiger partial charge is 0.318 e. The van der Waals surface area contributed by atoms with Gasteiger partial charge in [0, 0.05) is 42.8 Å². The number of aryl methyl sites for hydroxylation is 1. The third kappa shape index (κ3) is 6.93. The summed E-state index contributed by atoms with van der Waals surface area (Å²) in [5, 5.41) is 2.59. The molecule has 1 aromatic heterocycles. The molecule has 44 heavy (non-hydrogen) atoms. The zero-order chi connectivity index (χ0) is 30.3. The molecule has 0 bridgehead atoms. The van der Waals surface area contributed by atoms with E-state index in [4.69, 9.17) is 14.7 Å². The number of ether oxygens (including phenoxy) is 1. The fourth-order valence-electron chi connectivity index (χ4n) is 6.41. The second-order valence-electron chi connectivity index (χ2n) is 12.0. The molecule has 0 unspecified atom stereocenters. The van der Waals surface area contributed by atoms with Gasteiger partial charge >= 0.3 is 6.01 Å². The predicted molar refractivity (Wildman–Crippen MR) is 179 cm³/mol. The highest BCUT2D eigenvalue weighted by Crippen LogP contribution is 2.35. The number of hydrogen-bond donors (Lipinski definition) is 0. The topological polar surface area (TPSA) is 69.5 Å². The summed E-state index contributed by atoms with van der Waals surface area (Å²) < 4.78 is 6.30. The molecule has 0 spiro atoms. The van der Waals surface area contributed by atoms with Crippen LogP contribution in [0.2, 0.25) is 0 Å². The van der Waals surface area contributed by atoms with E-state index in [1.165, 1.54) is 34.0 Å². The summed E-state index contributed by atoms with van der Waals surface area (Å²) in [4.78, 5) is 25.8. The fraction of sp³-hybridized carbons (Fsp3) is 0.417. The minimum absolute atomic E-state index is 0.410. The third-order valence-corrected chi connectivity index (χ3v) is 8.90. The van der Waals surface area contributed by atoms with Crippen LogP contribution in [0.5, 0.6) is 6.01 Å². The third-order valence-electron chi connectivity index (χ3n) is 8.90. The molecule has 3 heterocycles. The molecule has 0 aliphatic carbocycles. The van der Waals surface area contributed by atoms with Crippen LogP contribution < -0.4 is 14.5 Å². The van der Waals surface area contributed by atoms with Gasteiger partial charge in [0.2, 0.25) is 0 Å². The Kier molecular flexibility index (Phi) is 9.49. The number of nitrogens with zero attached hydrogens (tertiary/aromatic N) is 7. The Balaban J connectivity index is 1.19. The lowest BCUT2D eigenvalue weighted by Gasteiger charge is -2.33. The average molecular weight is 590 g/mol. The van der Waals surface area contributed by atoms with Gasteiger partial charge in [0.25, 0.3) is 0 Å². The summed E-state index contributed by atoms with van der Waals surface area (Å²) in [5.74, 6) is 0.972. The first-order chi connectivity index (χ1) is 21.6. The van der Waals surface area contributed by atoms with Crippen molar-refractivity contribution in [1.29, 1.82) is 0 Å². The molecular formula is C36H43N7O. The molecule has 1 atom stereocenters. The van der Waals surface area contributed by atoms with Gasteiger partial charge in [-0.1, -0.05) is 60.7 Å². The van der Waals surface area contributed by atoms with Gasteiger partial charge in [-0.25, -0.2) is 9.98 Å². The van der Waals surface area contributed by atoms with E-state index in [9.17, 15) is 0 Å². The van der Waals surface area contributed by atoms with Crippen molar-refractivity contribution in [3.8, 4) is 6.01 Å². The molecule has 2 aliphatic rings. The highest BCUT2D eigenvalue weighted by Gasteiger charge is 2.27. The molecule has 8 nitrogen and oxygen atoms in total. The largest absolute Gasteiger partial charge is 0.462 e. The summed E-state index contributed by atoms with van der Waals surface area (Å²) >= 11 is 0. The fourth-order valence-corrected chi connectivity index (χ4v) is 6.41. The maximum atomic E-state index is 6.30. The Bertz CT molecular complexity index is 1630. The molecule has 8 heteroatoms. The molecular weight excluding hydrogens is 546 g/mol. The molecule has 0 N–H and O–H groups in total. The normalized spacial score (nSPS) is 16.4. The number of hydrogen-bond acceptors (Lipinski definition) is 8. The number of rotatable bonds is 11. The van der Waals surface area contributed by atoms with Crippen LogP contribution >= 0.6 is 0 Å². The van der Waals surface area contributed by atoms with E-state index >= 15 is 0 Å². The molecule has 4 aromatic rings. The Morgan fingerprint density at radius 1 is 1.00 bits per heavy atom. The lowest BCUT2D eigenvalue weighted by molar-refractivity contribution is 0.187. The lowest BCUT2D eigenvalue weighted by atomic mass is 10.00. The van der Waals surface area contributed by atoms with E-state index < -0.39 is 0 Å². The number of anilines is 2. The number of fused-ring (bicyclic) bond motifs is 2. The summed E-state index contributed by atoms with van der Waals surface area (Å²) in [6.07, 6.45) is 4.13. The van der Waals surface area contributed by atoms with E-state index in [0.717, 1.165) is 62.5 Å².